The molecule has 2 aliphatic heterocycles. The van der Waals surface area contributed by atoms with Gasteiger partial charge in [-0.05, 0) is 13.8 Å². The van der Waals surface area contributed by atoms with Crippen LogP contribution in [-0.4, -0.2) is 60.3 Å². The van der Waals surface area contributed by atoms with E-state index in [0.717, 1.165) is 0 Å². The van der Waals surface area contributed by atoms with Crippen molar-refractivity contribution in [1.29, 1.82) is 0 Å². The molecule has 0 spiro atoms. The second-order valence-electron chi connectivity index (χ2n) is 5.75. The maximum Gasteiger partial charge on any atom is 0.410 e. The van der Waals surface area contributed by atoms with Crippen LogP contribution in [0.2, 0.25) is 0 Å². The summed E-state index contributed by atoms with van der Waals surface area (Å²) in [6, 6.07) is 0. The average Bonchev–Trinajstić information content (AvgIpc) is 2.99. The summed E-state index contributed by atoms with van der Waals surface area (Å²) in [5.41, 5.74) is 0. The number of carbonyl (C=O) groups is 2. The number of ether oxygens (including phenoxy) is 3. The largest absolute Gasteiger partial charge is 0.481 e. The Labute approximate surface area is 123 Å². The zero-order valence-electron chi connectivity index (χ0n) is 12.3. The molecule has 118 valence electrons. The normalized spacial score (nSPS) is 31.1. The second kappa shape index (κ2) is 6.03. The van der Waals surface area contributed by atoms with E-state index >= 15 is 0 Å². The van der Waals surface area contributed by atoms with E-state index in [1.807, 2.05) is 0 Å². The fourth-order valence-electron chi connectivity index (χ4n) is 2.76. The van der Waals surface area contributed by atoms with Crippen LogP contribution in [0.1, 0.15) is 13.8 Å². The zero-order chi connectivity index (χ0) is 15.6. The quantitative estimate of drug-likeness (QED) is 0.782. The van der Waals surface area contributed by atoms with Crippen molar-refractivity contribution in [2.24, 2.45) is 11.8 Å². The van der Waals surface area contributed by atoms with E-state index in [4.69, 9.17) is 14.2 Å². The summed E-state index contributed by atoms with van der Waals surface area (Å²) < 4.78 is 16.2. The predicted octanol–water partition coefficient (Wildman–Crippen LogP) is 1.09. The highest BCUT2D eigenvalue weighted by atomic mass is 16.7. The summed E-state index contributed by atoms with van der Waals surface area (Å²) in [4.78, 5) is 24.7. The minimum atomic E-state index is -0.938. The molecule has 2 aliphatic rings. The Bertz CT molecular complexity index is 435. The standard InChI is InChI=1S/C14H21NO6/c1-4-5-19-13(18)15-6-9(10(7-15)12(16)17)11-8-20-14(2,3)21-11/h4,9-11H,1,5-8H2,2-3H3,(H,16,17). The van der Waals surface area contributed by atoms with Gasteiger partial charge in [-0.25, -0.2) is 4.79 Å². The molecule has 21 heavy (non-hydrogen) atoms. The molecule has 1 amide bonds. The molecular formula is C14H21NO6. The van der Waals surface area contributed by atoms with E-state index in [-0.39, 0.29) is 31.7 Å². The van der Waals surface area contributed by atoms with Gasteiger partial charge in [0.15, 0.2) is 5.79 Å². The van der Waals surface area contributed by atoms with Crippen molar-refractivity contribution < 1.29 is 28.9 Å². The van der Waals surface area contributed by atoms with Crippen molar-refractivity contribution >= 4 is 12.1 Å². The van der Waals surface area contributed by atoms with Crippen LogP contribution in [0.3, 0.4) is 0 Å². The molecule has 0 bridgehead atoms. The van der Waals surface area contributed by atoms with Gasteiger partial charge in [-0.3, -0.25) is 4.79 Å². The van der Waals surface area contributed by atoms with Crippen LogP contribution in [0.4, 0.5) is 4.79 Å². The Morgan fingerprint density at radius 1 is 1.48 bits per heavy atom. The molecule has 0 aromatic rings. The van der Waals surface area contributed by atoms with Gasteiger partial charge < -0.3 is 24.2 Å². The Morgan fingerprint density at radius 3 is 2.71 bits per heavy atom. The molecule has 7 nitrogen and oxygen atoms in total. The van der Waals surface area contributed by atoms with Crippen molar-refractivity contribution in [3.05, 3.63) is 12.7 Å². The third-order valence-electron chi connectivity index (χ3n) is 3.77. The number of carboxylic acids is 1. The van der Waals surface area contributed by atoms with E-state index in [9.17, 15) is 14.7 Å². The first-order chi connectivity index (χ1) is 9.84. The molecule has 1 N–H and O–H groups in total. The molecule has 3 unspecified atom stereocenters. The molecule has 7 heteroatoms. The van der Waals surface area contributed by atoms with Gasteiger partial charge >= 0.3 is 12.1 Å². The van der Waals surface area contributed by atoms with Crippen LogP contribution < -0.4 is 0 Å². The number of aliphatic carboxylic acids is 1. The minimum Gasteiger partial charge on any atom is -0.481 e. The molecule has 2 rings (SSSR count). The molecule has 0 aromatic carbocycles. The molecule has 2 saturated heterocycles. The zero-order valence-corrected chi connectivity index (χ0v) is 12.3. The highest BCUT2D eigenvalue weighted by molar-refractivity contribution is 5.74. The molecular weight excluding hydrogens is 278 g/mol. The average molecular weight is 299 g/mol. The van der Waals surface area contributed by atoms with Crippen molar-refractivity contribution in [2.45, 2.75) is 25.7 Å². The van der Waals surface area contributed by atoms with Crippen molar-refractivity contribution in [1.82, 2.24) is 4.90 Å². The minimum absolute atomic E-state index is 0.105. The second-order valence-corrected chi connectivity index (χ2v) is 5.75. The van der Waals surface area contributed by atoms with Gasteiger partial charge in [0.05, 0.1) is 18.6 Å². The molecule has 3 atom stereocenters. The van der Waals surface area contributed by atoms with E-state index in [1.54, 1.807) is 13.8 Å². The Kier molecular flexibility index (Phi) is 4.53. The molecule has 2 heterocycles. The monoisotopic (exact) mass is 299 g/mol. The molecule has 2 fully saturated rings. The number of hydrogen-bond acceptors (Lipinski definition) is 5. The Morgan fingerprint density at radius 2 is 2.19 bits per heavy atom. The van der Waals surface area contributed by atoms with Gasteiger partial charge in [0.2, 0.25) is 0 Å². The first kappa shape index (κ1) is 15.8. The smallest absolute Gasteiger partial charge is 0.410 e. The summed E-state index contributed by atoms with van der Waals surface area (Å²) in [6.45, 7) is 7.89. The Balaban J connectivity index is 2.04. The maximum atomic E-state index is 11.9. The van der Waals surface area contributed by atoms with Crippen LogP contribution in [0, 0.1) is 11.8 Å². The summed E-state index contributed by atoms with van der Waals surface area (Å²) in [5.74, 6) is -2.64. The molecule has 0 saturated carbocycles. The lowest BCUT2D eigenvalue weighted by Gasteiger charge is -2.22. The van der Waals surface area contributed by atoms with Crippen LogP contribution in [0.15, 0.2) is 12.7 Å². The Hall–Kier alpha value is -1.60. The fourth-order valence-corrected chi connectivity index (χ4v) is 2.76. The summed E-state index contributed by atoms with van der Waals surface area (Å²) in [5, 5.41) is 9.36. The van der Waals surface area contributed by atoms with E-state index in [1.165, 1.54) is 11.0 Å². The highest BCUT2D eigenvalue weighted by Crippen LogP contribution is 2.35. The van der Waals surface area contributed by atoms with Crippen LogP contribution in [-0.2, 0) is 19.0 Å². The number of rotatable bonds is 4. The third kappa shape index (κ3) is 3.54. The number of amides is 1. The van der Waals surface area contributed by atoms with Gasteiger partial charge in [0.1, 0.15) is 6.61 Å². The van der Waals surface area contributed by atoms with Crippen molar-refractivity contribution in [2.75, 3.05) is 26.3 Å². The van der Waals surface area contributed by atoms with E-state index < -0.39 is 23.8 Å². The lowest BCUT2D eigenvalue weighted by Crippen LogP contribution is -2.35. The van der Waals surface area contributed by atoms with Crippen molar-refractivity contribution in [3.8, 4) is 0 Å². The van der Waals surface area contributed by atoms with Crippen LogP contribution in [0.25, 0.3) is 0 Å². The first-order valence-corrected chi connectivity index (χ1v) is 6.91. The van der Waals surface area contributed by atoms with Gasteiger partial charge in [-0.1, -0.05) is 12.7 Å². The number of hydrogen-bond donors (Lipinski definition) is 1. The van der Waals surface area contributed by atoms with Gasteiger partial charge in [0, 0.05) is 19.0 Å². The third-order valence-corrected chi connectivity index (χ3v) is 3.77. The lowest BCUT2D eigenvalue weighted by molar-refractivity contribution is -0.154. The maximum absolute atomic E-state index is 11.9. The van der Waals surface area contributed by atoms with E-state index in [2.05, 4.69) is 6.58 Å². The number of carboxylic acid groups (broad SMARTS) is 1. The van der Waals surface area contributed by atoms with Gasteiger partial charge in [0.25, 0.3) is 0 Å². The number of carbonyl (C=O) groups excluding carboxylic acids is 1. The fraction of sp³-hybridized carbons (Fsp3) is 0.714. The number of likely N-dealkylation sites (tertiary alicyclic amines) is 1. The van der Waals surface area contributed by atoms with E-state index in [0.29, 0.717) is 6.61 Å². The lowest BCUT2D eigenvalue weighted by atomic mass is 9.91. The van der Waals surface area contributed by atoms with Crippen LogP contribution in [0.5, 0.6) is 0 Å². The molecule has 0 aromatic heterocycles. The SMILES string of the molecule is C=CCOC(=O)N1CC(C(=O)O)C(C2COC(C)(C)O2)C1. The number of nitrogens with zero attached hydrogens (tertiary/aromatic N) is 1. The molecule has 0 radical (unpaired) electrons. The highest BCUT2D eigenvalue weighted by Gasteiger charge is 2.48. The van der Waals surface area contributed by atoms with Gasteiger partial charge in [-0.2, -0.15) is 0 Å². The van der Waals surface area contributed by atoms with Crippen molar-refractivity contribution in [3.63, 3.8) is 0 Å². The summed E-state index contributed by atoms with van der Waals surface area (Å²) in [6.07, 6.45) is 0.608. The summed E-state index contributed by atoms with van der Waals surface area (Å²) in [7, 11) is 0. The summed E-state index contributed by atoms with van der Waals surface area (Å²) >= 11 is 0. The first-order valence-electron chi connectivity index (χ1n) is 6.91. The predicted molar refractivity (Wildman–Crippen MR) is 72.6 cm³/mol. The molecule has 0 aliphatic carbocycles. The van der Waals surface area contributed by atoms with Gasteiger partial charge in [-0.15, -0.1) is 0 Å². The topological polar surface area (TPSA) is 85.3 Å². The van der Waals surface area contributed by atoms with Crippen LogP contribution >= 0.6 is 0 Å².